The van der Waals surface area contributed by atoms with Gasteiger partial charge in [-0.15, -0.1) is 0 Å². The predicted octanol–water partition coefficient (Wildman–Crippen LogP) is 2.79. The summed E-state index contributed by atoms with van der Waals surface area (Å²) < 4.78 is 46.2. The van der Waals surface area contributed by atoms with Crippen LogP contribution >= 0.6 is 26.6 Å². The highest BCUT2D eigenvalue weighted by molar-refractivity contribution is 9.10. The number of rotatable bonds is 4. The molecular formula is C10H7BrClFN2O4S. The van der Waals surface area contributed by atoms with E-state index in [1.807, 2.05) is 0 Å². The zero-order valence-electron chi connectivity index (χ0n) is 9.93. The van der Waals surface area contributed by atoms with Crippen LogP contribution in [-0.2, 0) is 15.7 Å². The van der Waals surface area contributed by atoms with Gasteiger partial charge in [-0.1, -0.05) is 5.16 Å². The number of nitrogens with zero attached hydrogens (tertiary/aromatic N) is 2. The number of hydrogen-bond donors (Lipinski definition) is 0. The van der Waals surface area contributed by atoms with Crippen LogP contribution in [0.1, 0.15) is 11.7 Å². The molecule has 108 valence electrons. The Morgan fingerprint density at radius 1 is 1.50 bits per heavy atom. The van der Waals surface area contributed by atoms with E-state index in [0.29, 0.717) is 5.89 Å². The fraction of sp³-hybridized carbons (Fsp3) is 0.200. The van der Waals surface area contributed by atoms with E-state index >= 15 is 0 Å². The van der Waals surface area contributed by atoms with Crippen LogP contribution in [0, 0.1) is 12.7 Å². The number of hydrogen-bond acceptors (Lipinski definition) is 6. The molecule has 0 aliphatic carbocycles. The minimum atomic E-state index is -4.16. The first kappa shape index (κ1) is 15.2. The van der Waals surface area contributed by atoms with E-state index < -0.39 is 19.8 Å². The van der Waals surface area contributed by atoms with E-state index in [1.54, 1.807) is 6.92 Å². The van der Waals surface area contributed by atoms with Gasteiger partial charge in [0.2, 0.25) is 11.7 Å². The lowest BCUT2D eigenvalue weighted by Crippen LogP contribution is -2.01. The molecule has 0 bridgehead atoms. The Hall–Kier alpha value is -1.19. The lowest BCUT2D eigenvalue weighted by atomic mass is 10.3. The lowest BCUT2D eigenvalue weighted by molar-refractivity contribution is 0.282. The predicted molar refractivity (Wildman–Crippen MR) is 70.5 cm³/mol. The molecule has 20 heavy (non-hydrogen) atoms. The Kier molecular flexibility index (Phi) is 4.31. The van der Waals surface area contributed by atoms with Crippen molar-refractivity contribution in [1.82, 2.24) is 10.1 Å². The molecule has 0 fully saturated rings. The molecule has 1 aromatic heterocycles. The molecule has 1 heterocycles. The standard InChI is InChI=1S/C10H7BrClFN2O4S/c1-5-14-10(15-19-5)4-18-8-3-7(13)9(2-6(8)11)20(12,16)17/h2-3H,4H2,1H3. The van der Waals surface area contributed by atoms with Gasteiger partial charge in [-0.2, -0.15) is 4.98 Å². The summed E-state index contributed by atoms with van der Waals surface area (Å²) in [6.45, 7) is 1.56. The highest BCUT2D eigenvalue weighted by atomic mass is 79.9. The van der Waals surface area contributed by atoms with Gasteiger partial charge < -0.3 is 9.26 Å². The SMILES string of the molecule is Cc1nc(COc2cc(F)c(S(=O)(=O)Cl)cc2Br)no1. The summed E-state index contributed by atoms with van der Waals surface area (Å²) >= 11 is 3.07. The van der Waals surface area contributed by atoms with Crippen molar-refractivity contribution in [3.05, 3.63) is 34.1 Å². The van der Waals surface area contributed by atoms with E-state index in [-0.39, 0.29) is 22.7 Å². The highest BCUT2D eigenvalue weighted by Crippen LogP contribution is 2.32. The molecule has 1 aromatic carbocycles. The third-order valence-corrected chi connectivity index (χ3v) is 4.13. The van der Waals surface area contributed by atoms with Gasteiger partial charge >= 0.3 is 0 Å². The fourth-order valence-electron chi connectivity index (χ4n) is 1.35. The van der Waals surface area contributed by atoms with Gasteiger partial charge in [0, 0.05) is 23.7 Å². The Labute approximate surface area is 126 Å². The summed E-state index contributed by atoms with van der Waals surface area (Å²) in [5, 5.41) is 3.60. The second-order valence-corrected chi connectivity index (χ2v) is 7.06. The number of aryl methyl sites for hydroxylation is 1. The minimum absolute atomic E-state index is 0.0532. The Morgan fingerprint density at radius 3 is 2.75 bits per heavy atom. The van der Waals surface area contributed by atoms with Gasteiger partial charge in [0.15, 0.2) is 6.61 Å². The Balaban J connectivity index is 2.23. The van der Waals surface area contributed by atoms with Crippen molar-refractivity contribution < 1.29 is 22.1 Å². The maximum Gasteiger partial charge on any atom is 0.264 e. The van der Waals surface area contributed by atoms with Crippen molar-refractivity contribution in [1.29, 1.82) is 0 Å². The topological polar surface area (TPSA) is 82.3 Å². The lowest BCUT2D eigenvalue weighted by Gasteiger charge is -2.08. The normalized spacial score (nSPS) is 11.6. The summed E-state index contributed by atoms with van der Waals surface area (Å²) in [5.41, 5.74) is 0. The number of benzene rings is 1. The average Bonchev–Trinajstić information content (AvgIpc) is 2.74. The molecule has 2 rings (SSSR count). The summed E-state index contributed by atoms with van der Waals surface area (Å²) in [6.07, 6.45) is 0. The molecule has 10 heteroatoms. The maximum absolute atomic E-state index is 13.6. The van der Waals surface area contributed by atoms with Crippen LogP contribution in [0.2, 0.25) is 0 Å². The maximum atomic E-state index is 13.6. The number of halogens is 3. The van der Waals surface area contributed by atoms with Crippen molar-refractivity contribution >= 4 is 35.7 Å². The van der Waals surface area contributed by atoms with Gasteiger partial charge in [0.25, 0.3) is 9.05 Å². The summed E-state index contributed by atoms with van der Waals surface area (Å²) in [7, 11) is 0.937. The largest absolute Gasteiger partial charge is 0.484 e. The van der Waals surface area contributed by atoms with Crippen LogP contribution in [0.5, 0.6) is 5.75 Å². The van der Waals surface area contributed by atoms with Crippen molar-refractivity contribution in [2.75, 3.05) is 0 Å². The van der Waals surface area contributed by atoms with E-state index in [2.05, 4.69) is 26.1 Å². The molecular weight excluding hydrogens is 379 g/mol. The molecule has 0 radical (unpaired) electrons. The Bertz CT molecular complexity index is 750. The molecule has 0 atom stereocenters. The van der Waals surface area contributed by atoms with Gasteiger partial charge in [0.1, 0.15) is 16.5 Å². The van der Waals surface area contributed by atoms with E-state index in [4.69, 9.17) is 19.9 Å². The van der Waals surface area contributed by atoms with E-state index in [1.165, 1.54) is 0 Å². The second-order valence-electron chi connectivity index (χ2n) is 3.67. The summed E-state index contributed by atoms with van der Waals surface area (Å²) in [5.74, 6) is -0.266. The third kappa shape index (κ3) is 3.47. The van der Waals surface area contributed by atoms with Crippen molar-refractivity contribution in [2.24, 2.45) is 0 Å². The van der Waals surface area contributed by atoms with E-state index in [0.717, 1.165) is 12.1 Å². The molecule has 0 saturated heterocycles. The van der Waals surface area contributed by atoms with Crippen LogP contribution < -0.4 is 4.74 Å². The van der Waals surface area contributed by atoms with Crippen LogP contribution in [0.3, 0.4) is 0 Å². The molecule has 0 aliphatic rings. The number of aromatic nitrogens is 2. The molecule has 0 aliphatic heterocycles. The molecule has 0 saturated carbocycles. The average molecular weight is 386 g/mol. The third-order valence-electron chi connectivity index (χ3n) is 2.18. The van der Waals surface area contributed by atoms with Crippen LogP contribution in [0.15, 0.2) is 26.0 Å². The number of ether oxygens (including phenoxy) is 1. The fourth-order valence-corrected chi connectivity index (χ4v) is 2.86. The van der Waals surface area contributed by atoms with Crippen LogP contribution in [-0.4, -0.2) is 18.6 Å². The summed E-state index contributed by atoms with van der Waals surface area (Å²) in [6, 6.07) is 1.93. The molecule has 0 N–H and O–H groups in total. The van der Waals surface area contributed by atoms with Gasteiger partial charge in [-0.25, -0.2) is 12.8 Å². The van der Waals surface area contributed by atoms with E-state index in [9.17, 15) is 12.8 Å². The first-order valence-corrected chi connectivity index (χ1v) is 8.23. The van der Waals surface area contributed by atoms with Crippen LogP contribution in [0.4, 0.5) is 4.39 Å². The van der Waals surface area contributed by atoms with Crippen LogP contribution in [0.25, 0.3) is 0 Å². The second kappa shape index (κ2) is 5.66. The zero-order valence-corrected chi connectivity index (χ0v) is 13.1. The van der Waals surface area contributed by atoms with Gasteiger partial charge in [0.05, 0.1) is 4.47 Å². The summed E-state index contributed by atoms with van der Waals surface area (Å²) in [4.78, 5) is 3.28. The molecule has 2 aromatic rings. The van der Waals surface area contributed by atoms with Crippen molar-refractivity contribution in [3.8, 4) is 5.75 Å². The van der Waals surface area contributed by atoms with Gasteiger partial charge in [-0.05, 0) is 22.0 Å². The zero-order chi connectivity index (χ0) is 14.9. The minimum Gasteiger partial charge on any atom is -0.484 e. The van der Waals surface area contributed by atoms with Crippen molar-refractivity contribution in [2.45, 2.75) is 18.4 Å². The monoisotopic (exact) mass is 384 g/mol. The Morgan fingerprint density at radius 2 is 2.20 bits per heavy atom. The molecule has 0 unspecified atom stereocenters. The molecule has 0 amide bonds. The quantitative estimate of drug-likeness (QED) is 0.753. The molecule has 6 nitrogen and oxygen atoms in total. The van der Waals surface area contributed by atoms with Gasteiger partial charge in [-0.3, -0.25) is 0 Å². The first-order valence-electron chi connectivity index (χ1n) is 5.13. The molecule has 0 spiro atoms. The van der Waals surface area contributed by atoms with Crippen molar-refractivity contribution in [3.63, 3.8) is 0 Å². The first-order chi connectivity index (χ1) is 9.27. The highest BCUT2D eigenvalue weighted by Gasteiger charge is 2.19. The smallest absolute Gasteiger partial charge is 0.264 e.